The molecule has 0 bridgehead atoms. The van der Waals surface area contributed by atoms with Crippen molar-refractivity contribution in [1.82, 2.24) is 15.1 Å². The summed E-state index contributed by atoms with van der Waals surface area (Å²) in [5, 5.41) is 10.4. The molecule has 3 heterocycles. The van der Waals surface area contributed by atoms with Crippen LogP contribution in [0.2, 0.25) is 0 Å². The number of hydrogen-bond acceptors (Lipinski definition) is 6. The lowest BCUT2D eigenvalue weighted by molar-refractivity contribution is -0.129. The van der Waals surface area contributed by atoms with Gasteiger partial charge in [0.2, 0.25) is 11.8 Å². The summed E-state index contributed by atoms with van der Waals surface area (Å²) in [4.78, 5) is 15.5. The van der Waals surface area contributed by atoms with Gasteiger partial charge in [-0.05, 0) is 29.9 Å². The minimum atomic E-state index is 0.128. The van der Waals surface area contributed by atoms with E-state index in [1.165, 1.54) is 5.56 Å². The molecule has 1 atom stereocenters. The van der Waals surface area contributed by atoms with Crippen LogP contribution in [0.4, 0.5) is 0 Å². The third kappa shape index (κ3) is 4.59. The zero-order valence-corrected chi connectivity index (χ0v) is 16.5. The summed E-state index contributed by atoms with van der Waals surface area (Å²) in [6.07, 6.45) is 1.95. The van der Waals surface area contributed by atoms with Crippen molar-refractivity contribution in [3.8, 4) is 10.8 Å². The highest BCUT2D eigenvalue weighted by molar-refractivity contribution is 7.99. The molecular formula is C20H21N3O2S2. The van der Waals surface area contributed by atoms with Crippen LogP contribution < -0.4 is 0 Å². The number of benzene rings is 1. The van der Waals surface area contributed by atoms with Crippen LogP contribution in [0.25, 0.3) is 10.8 Å². The molecule has 7 heteroatoms. The van der Waals surface area contributed by atoms with Crippen LogP contribution in [-0.2, 0) is 10.5 Å². The Morgan fingerprint density at radius 1 is 1.22 bits per heavy atom. The Balaban J connectivity index is 1.32. The summed E-state index contributed by atoms with van der Waals surface area (Å²) in [6.45, 7) is 1.48. The molecule has 1 aliphatic heterocycles. The van der Waals surface area contributed by atoms with Gasteiger partial charge in [0, 0.05) is 18.8 Å². The highest BCUT2D eigenvalue weighted by Crippen LogP contribution is 2.30. The molecule has 3 aromatic rings. The average molecular weight is 400 g/mol. The lowest BCUT2D eigenvalue weighted by atomic mass is 9.98. The first kappa shape index (κ1) is 18.3. The molecule has 140 valence electrons. The van der Waals surface area contributed by atoms with E-state index in [0.717, 1.165) is 30.0 Å². The highest BCUT2D eigenvalue weighted by atomic mass is 32.2. The first-order chi connectivity index (χ1) is 13.3. The molecule has 1 aliphatic rings. The van der Waals surface area contributed by atoms with Crippen molar-refractivity contribution in [2.75, 3.05) is 18.8 Å². The van der Waals surface area contributed by atoms with E-state index in [4.69, 9.17) is 4.42 Å². The summed E-state index contributed by atoms with van der Waals surface area (Å²) in [7, 11) is 0. The lowest BCUT2D eigenvalue weighted by Crippen LogP contribution is -2.40. The predicted octanol–water partition coefficient (Wildman–Crippen LogP) is 4.44. The first-order valence-corrected chi connectivity index (χ1v) is 11.1. The largest absolute Gasteiger partial charge is 0.420 e. The molecule has 0 N–H and O–H groups in total. The van der Waals surface area contributed by atoms with Crippen molar-refractivity contribution in [3.05, 3.63) is 59.3 Å². The maximum absolute atomic E-state index is 12.6. The molecule has 1 fully saturated rings. The second kappa shape index (κ2) is 8.71. The minimum absolute atomic E-state index is 0.128. The van der Waals surface area contributed by atoms with Gasteiger partial charge in [0.05, 0.1) is 16.5 Å². The fourth-order valence-corrected chi connectivity index (χ4v) is 4.76. The number of hydrogen-bond donors (Lipinski definition) is 0. The Morgan fingerprint density at radius 3 is 2.93 bits per heavy atom. The van der Waals surface area contributed by atoms with E-state index >= 15 is 0 Å². The van der Waals surface area contributed by atoms with Crippen LogP contribution in [-0.4, -0.2) is 39.8 Å². The Labute approximate surface area is 166 Å². The third-order valence-electron chi connectivity index (χ3n) is 4.63. The van der Waals surface area contributed by atoms with Crippen molar-refractivity contribution in [2.24, 2.45) is 0 Å². The minimum Gasteiger partial charge on any atom is -0.420 e. The van der Waals surface area contributed by atoms with Gasteiger partial charge in [0.15, 0.2) is 0 Å². The van der Waals surface area contributed by atoms with E-state index in [1.54, 1.807) is 23.1 Å². The second-order valence-electron chi connectivity index (χ2n) is 6.58. The van der Waals surface area contributed by atoms with Crippen LogP contribution in [0, 0.1) is 0 Å². The van der Waals surface area contributed by atoms with Crippen LogP contribution in [0.15, 0.2) is 52.3 Å². The van der Waals surface area contributed by atoms with Gasteiger partial charge >= 0.3 is 0 Å². The third-order valence-corrected chi connectivity index (χ3v) is 6.48. The monoisotopic (exact) mass is 399 g/mol. The van der Waals surface area contributed by atoms with Crippen LogP contribution in [0.3, 0.4) is 0 Å². The fraction of sp³-hybridized carbons (Fsp3) is 0.350. The Kier molecular flexibility index (Phi) is 5.89. The zero-order chi connectivity index (χ0) is 18.5. The fourth-order valence-electron chi connectivity index (χ4n) is 3.23. The number of nitrogens with zero attached hydrogens (tertiary/aromatic N) is 3. The molecule has 1 aromatic carbocycles. The SMILES string of the molecule is O=C(CSCc1ccccc1)N1CCCC(c2nnc(-c3cccs3)o2)C1. The van der Waals surface area contributed by atoms with Crippen LogP contribution >= 0.6 is 23.1 Å². The Morgan fingerprint density at radius 2 is 2.11 bits per heavy atom. The van der Waals surface area contributed by atoms with Gasteiger partial charge in [-0.15, -0.1) is 33.3 Å². The average Bonchev–Trinajstić information content (AvgIpc) is 3.40. The molecule has 0 saturated carbocycles. The molecular weight excluding hydrogens is 378 g/mol. The maximum Gasteiger partial charge on any atom is 0.257 e. The predicted molar refractivity (Wildman–Crippen MR) is 109 cm³/mol. The van der Waals surface area contributed by atoms with Gasteiger partial charge in [-0.1, -0.05) is 36.4 Å². The normalized spacial score (nSPS) is 17.2. The molecule has 1 unspecified atom stereocenters. The molecule has 5 nitrogen and oxygen atoms in total. The van der Waals surface area contributed by atoms with Crippen molar-refractivity contribution in [2.45, 2.75) is 24.5 Å². The molecule has 27 heavy (non-hydrogen) atoms. The Bertz CT molecular complexity index is 865. The van der Waals surface area contributed by atoms with E-state index in [2.05, 4.69) is 22.3 Å². The quantitative estimate of drug-likeness (QED) is 0.613. The van der Waals surface area contributed by atoms with Gasteiger partial charge in [0.25, 0.3) is 5.89 Å². The van der Waals surface area contributed by atoms with Crippen LogP contribution in [0.1, 0.15) is 30.2 Å². The molecule has 0 radical (unpaired) electrons. The number of thiophene rings is 1. The number of aromatic nitrogens is 2. The summed E-state index contributed by atoms with van der Waals surface area (Å²) in [5.41, 5.74) is 1.25. The van der Waals surface area contributed by atoms with Crippen molar-refractivity contribution in [1.29, 1.82) is 0 Å². The van der Waals surface area contributed by atoms with Gasteiger partial charge in [-0.3, -0.25) is 4.79 Å². The van der Waals surface area contributed by atoms with Gasteiger partial charge < -0.3 is 9.32 Å². The van der Waals surface area contributed by atoms with E-state index in [0.29, 0.717) is 24.1 Å². The molecule has 0 spiro atoms. The number of amides is 1. The number of likely N-dealkylation sites (tertiary alicyclic amines) is 1. The molecule has 4 rings (SSSR count). The van der Waals surface area contributed by atoms with Crippen LogP contribution in [0.5, 0.6) is 0 Å². The molecule has 1 amide bonds. The smallest absolute Gasteiger partial charge is 0.257 e. The number of rotatable bonds is 6. The number of carbonyl (C=O) groups excluding carboxylic acids is 1. The Hall–Kier alpha value is -2.12. The molecule has 0 aliphatic carbocycles. The standard InChI is InChI=1S/C20H21N3O2S2/c24-18(14-26-13-15-6-2-1-3-7-15)23-10-4-8-16(12-23)19-21-22-20(25-19)17-9-5-11-27-17/h1-3,5-7,9,11,16H,4,8,10,12-14H2. The lowest BCUT2D eigenvalue weighted by Gasteiger charge is -2.31. The summed E-state index contributed by atoms with van der Waals surface area (Å²) >= 11 is 3.25. The van der Waals surface area contributed by atoms with E-state index < -0.39 is 0 Å². The highest BCUT2D eigenvalue weighted by Gasteiger charge is 2.28. The zero-order valence-electron chi connectivity index (χ0n) is 14.9. The molecule has 2 aromatic heterocycles. The summed E-state index contributed by atoms with van der Waals surface area (Å²) in [6, 6.07) is 14.2. The van der Waals surface area contributed by atoms with Gasteiger partial charge in [-0.25, -0.2) is 0 Å². The van der Waals surface area contributed by atoms with E-state index in [9.17, 15) is 4.79 Å². The van der Waals surface area contributed by atoms with Crippen molar-refractivity contribution in [3.63, 3.8) is 0 Å². The maximum atomic E-state index is 12.6. The van der Waals surface area contributed by atoms with Gasteiger partial charge in [0.1, 0.15) is 0 Å². The van der Waals surface area contributed by atoms with E-state index in [1.807, 2.05) is 40.6 Å². The number of carbonyl (C=O) groups is 1. The summed E-state index contributed by atoms with van der Waals surface area (Å²) < 4.78 is 5.88. The summed E-state index contributed by atoms with van der Waals surface area (Å²) in [5.74, 6) is 2.90. The first-order valence-electron chi connectivity index (χ1n) is 9.06. The number of piperidine rings is 1. The molecule has 1 saturated heterocycles. The topological polar surface area (TPSA) is 59.2 Å². The van der Waals surface area contributed by atoms with Crippen molar-refractivity contribution < 1.29 is 9.21 Å². The van der Waals surface area contributed by atoms with Gasteiger partial charge in [-0.2, -0.15) is 0 Å². The number of thioether (sulfide) groups is 1. The van der Waals surface area contributed by atoms with E-state index in [-0.39, 0.29) is 11.8 Å². The van der Waals surface area contributed by atoms with Crippen molar-refractivity contribution >= 4 is 29.0 Å². The second-order valence-corrected chi connectivity index (χ2v) is 8.51.